The molecule has 9 atom stereocenters. The molecule has 0 radical (unpaired) electrons. The van der Waals surface area contributed by atoms with Gasteiger partial charge in [-0.3, -0.25) is 9.59 Å². The predicted molar refractivity (Wildman–Crippen MR) is 120 cm³/mol. The molecular weight excluding hydrogens is 460 g/mol. The van der Waals surface area contributed by atoms with Crippen molar-refractivity contribution in [3.05, 3.63) is 12.7 Å². The van der Waals surface area contributed by atoms with Crippen molar-refractivity contribution in [3.8, 4) is 0 Å². The van der Waals surface area contributed by atoms with Gasteiger partial charge >= 0.3 is 5.97 Å². The molecule has 4 rings (SSSR count). The molecule has 4 fully saturated rings. The van der Waals surface area contributed by atoms with Crippen LogP contribution in [-0.4, -0.2) is 93.9 Å². The van der Waals surface area contributed by atoms with Crippen LogP contribution in [-0.2, 0) is 33.3 Å². The number of aliphatic hydroxyl groups is 3. The van der Waals surface area contributed by atoms with E-state index < -0.39 is 75.5 Å². The zero-order valence-electron chi connectivity index (χ0n) is 20.9. The Balaban J connectivity index is 1.90. The zero-order chi connectivity index (χ0) is 26.2. The molecule has 0 aromatic heterocycles. The quantitative estimate of drug-likeness (QED) is 0.279. The van der Waals surface area contributed by atoms with E-state index in [0.717, 1.165) is 6.08 Å². The smallest absolute Gasteiger partial charge is 0.338 e. The highest BCUT2D eigenvalue weighted by atomic mass is 16.6. The normalized spacial score (nSPS) is 49.5. The van der Waals surface area contributed by atoms with Crippen LogP contribution in [0, 0.1) is 16.7 Å². The average molecular weight is 497 g/mol. The molecule has 0 aromatic rings. The predicted octanol–water partition coefficient (Wildman–Crippen LogP) is 0.0944. The SMILES string of the molecule is C=C[C@]1(C)O[C@]2(C)[C@@H](O)[C@@H](OC(=O)C3COCCO3)[C@H]3C(C)(C)CC[C@H](O)[C@]3(C)[C@@]2(O)C(=O)C1=O. The lowest BCUT2D eigenvalue weighted by molar-refractivity contribution is -0.363. The highest BCUT2D eigenvalue weighted by Crippen LogP contribution is 2.66. The van der Waals surface area contributed by atoms with Gasteiger partial charge in [0.15, 0.2) is 17.3 Å². The maximum Gasteiger partial charge on any atom is 0.338 e. The van der Waals surface area contributed by atoms with Crippen molar-refractivity contribution in [2.45, 2.75) is 88.7 Å². The largest absolute Gasteiger partial charge is 0.457 e. The standard InChI is InChI=1S/C25H36O10/c1-7-22(4)18(28)19(29)25(31)23(5)14(26)8-9-21(2,3)16(23)15(17(27)24(25,6)35-22)34-20(30)13-12-32-10-11-33-13/h7,13-17,26-27,31H,1,8-12H2,2-6H3/t13?,14-,15-,16-,17-,22-,23-,24+,25-/m0/s1. The van der Waals surface area contributed by atoms with Crippen molar-refractivity contribution in [3.63, 3.8) is 0 Å². The fourth-order valence-electron chi connectivity index (χ4n) is 7.06. The van der Waals surface area contributed by atoms with Crippen LogP contribution in [0.1, 0.15) is 47.5 Å². The van der Waals surface area contributed by atoms with E-state index in [2.05, 4.69) is 6.58 Å². The topological polar surface area (TPSA) is 149 Å². The lowest BCUT2D eigenvalue weighted by Crippen LogP contribution is -2.88. The first-order chi connectivity index (χ1) is 16.1. The summed E-state index contributed by atoms with van der Waals surface area (Å²) in [4.78, 5) is 39.9. The van der Waals surface area contributed by atoms with Gasteiger partial charge in [-0.2, -0.15) is 0 Å². The maximum absolute atomic E-state index is 13.7. The first kappa shape index (κ1) is 26.4. The van der Waals surface area contributed by atoms with E-state index in [0.29, 0.717) is 13.0 Å². The second kappa shape index (κ2) is 8.16. The van der Waals surface area contributed by atoms with Crippen LogP contribution < -0.4 is 0 Å². The van der Waals surface area contributed by atoms with Crippen LogP contribution in [0.2, 0.25) is 0 Å². The molecule has 0 spiro atoms. The van der Waals surface area contributed by atoms with Crippen molar-refractivity contribution in [1.29, 1.82) is 0 Å². The number of carbonyl (C=O) groups is 3. The number of esters is 1. The molecule has 0 bridgehead atoms. The molecule has 2 aliphatic carbocycles. The minimum absolute atomic E-state index is 0.0190. The Morgan fingerprint density at radius 3 is 2.34 bits per heavy atom. The Bertz CT molecular complexity index is 941. The van der Waals surface area contributed by atoms with E-state index in [-0.39, 0.29) is 19.6 Å². The van der Waals surface area contributed by atoms with Gasteiger partial charge in [0.1, 0.15) is 17.8 Å². The molecule has 2 aliphatic heterocycles. The summed E-state index contributed by atoms with van der Waals surface area (Å²) in [5.74, 6) is -3.90. The van der Waals surface area contributed by atoms with Crippen molar-refractivity contribution in [2.75, 3.05) is 19.8 Å². The van der Waals surface area contributed by atoms with E-state index in [1.165, 1.54) is 20.8 Å². The lowest BCUT2D eigenvalue weighted by atomic mass is 9.39. The van der Waals surface area contributed by atoms with Crippen LogP contribution in [0.3, 0.4) is 0 Å². The summed E-state index contributed by atoms with van der Waals surface area (Å²) in [5.41, 5.74) is -9.02. The van der Waals surface area contributed by atoms with E-state index in [1.807, 2.05) is 13.8 Å². The van der Waals surface area contributed by atoms with Crippen molar-refractivity contribution < 1.29 is 48.7 Å². The Kier molecular flexibility index (Phi) is 6.15. The van der Waals surface area contributed by atoms with Crippen molar-refractivity contribution >= 4 is 17.5 Å². The first-order valence-corrected chi connectivity index (χ1v) is 12.0. The van der Waals surface area contributed by atoms with Gasteiger partial charge in [0.2, 0.25) is 11.6 Å². The van der Waals surface area contributed by atoms with Crippen LogP contribution in [0.5, 0.6) is 0 Å². The number of ether oxygens (including phenoxy) is 4. The number of rotatable bonds is 3. The number of fused-ring (bicyclic) bond motifs is 3. The molecule has 10 nitrogen and oxygen atoms in total. The maximum atomic E-state index is 13.7. The molecule has 1 unspecified atom stereocenters. The lowest BCUT2D eigenvalue weighted by Gasteiger charge is -2.70. The number of carbonyl (C=O) groups excluding carboxylic acids is 3. The molecule has 196 valence electrons. The van der Waals surface area contributed by atoms with Gasteiger partial charge in [0.25, 0.3) is 0 Å². The molecular formula is C25H36O10. The summed E-state index contributed by atoms with van der Waals surface area (Å²) in [6.07, 6.45) is -3.51. The van der Waals surface area contributed by atoms with Gasteiger partial charge in [-0.25, -0.2) is 4.79 Å². The molecule has 3 N–H and O–H groups in total. The number of hydrogen-bond donors (Lipinski definition) is 3. The molecule has 0 aromatic carbocycles. The number of Topliss-reactive ketones (excluding diaryl/α,β-unsaturated/α-hetero) is 2. The average Bonchev–Trinajstić information content (AvgIpc) is 2.82. The number of hydrogen-bond acceptors (Lipinski definition) is 10. The highest BCUT2D eigenvalue weighted by molar-refractivity contribution is 6.44. The Morgan fingerprint density at radius 1 is 1.11 bits per heavy atom. The van der Waals surface area contributed by atoms with Gasteiger partial charge in [-0.15, -0.1) is 0 Å². The summed E-state index contributed by atoms with van der Waals surface area (Å²) in [6, 6.07) is 0. The van der Waals surface area contributed by atoms with Gasteiger partial charge in [0, 0.05) is 11.3 Å². The summed E-state index contributed by atoms with van der Waals surface area (Å²) in [5, 5.41) is 35.3. The van der Waals surface area contributed by atoms with Crippen LogP contribution in [0.15, 0.2) is 12.7 Å². The van der Waals surface area contributed by atoms with Gasteiger partial charge in [-0.05, 0) is 32.1 Å². The first-order valence-electron chi connectivity index (χ1n) is 12.0. The van der Waals surface area contributed by atoms with Crippen molar-refractivity contribution in [2.24, 2.45) is 16.7 Å². The summed E-state index contributed by atoms with van der Waals surface area (Å²) < 4.78 is 22.7. The van der Waals surface area contributed by atoms with Gasteiger partial charge in [-0.1, -0.05) is 33.4 Å². The molecule has 2 saturated carbocycles. The number of aliphatic hydroxyl groups excluding tert-OH is 2. The summed E-state index contributed by atoms with van der Waals surface area (Å²) in [6.45, 7) is 11.9. The molecule has 0 amide bonds. The second-order valence-corrected chi connectivity index (χ2v) is 11.5. The van der Waals surface area contributed by atoms with Gasteiger partial charge in [0.05, 0.1) is 25.9 Å². The Labute approximate surface area is 204 Å². The Hall–Kier alpha value is -1.69. The second-order valence-electron chi connectivity index (χ2n) is 11.5. The minimum atomic E-state index is -2.62. The zero-order valence-corrected chi connectivity index (χ0v) is 20.9. The summed E-state index contributed by atoms with van der Waals surface area (Å²) >= 11 is 0. The minimum Gasteiger partial charge on any atom is -0.457 e. The van der Waals surface area contributed by atoms with E-state index in [4.69, 9.17) is 18.9 Å². The highest BCUT2D eigenvalue weighted by Gasteiger charge is 2.82. The monoisotopic (exact) mass is 496 g/mol. The fourth-order valence-corrected chi connectivity index (χ4v) is 7.06. The van der Waals surface area contributed by atoms with Gasteiger partial charge < -0.3 is 34.3 Å². The molecule has 10 heteroatoms. The molecule has 2 heterocycles. The van der Waals surface area contributed by atoms with Crippen LogP contribution in [0.4, 0.5) is 0 Å². The fraction of sp³-hybridized carbons (Fsp3) is 0.800. The van der Waals surface area contributed by atoms with E-state index in [1.54, 1.807) is 0 Å². The third-order valence-electron chi connectivity index (χ3n) is 9.07. The number of ketones is 2. The third kappa shape index (κ3) is 3.27. The van der Waals surface area contributed by atoms with Crippen LogP contribution >= 0.6 is 0 Å². The summed E-state index contributed by atoms with van der Waals surface area (Å²) in [7, 11) is 0. The Morgan fingerprint density at radius 2 is 1.77 bits per heavy atom. The van der Waals surface area contributed by atoms with Crippen molar-refractivity contribution in [1.82, 2.24) is 0 Å². The molecule has 2 saturated heterocycles. The molecule has 4 aliphatic rings. The molecule has 35 heavy (non-hydrogen) atoms. The van der Waals surface area contributed by atoms with Crippen LogP contribution in [0.25, 0.3) is 0 Å². The third-order valence-corrected chi connectivity index (χ3v) is 9.07. The van der Waals surface area contributed by atoms with E-state index in [9.17, 15) is 29.7 Å². The van der Waals surface area contributed by atoms with E-state index >= 15 is 0 Å².